The molecule has 4 nitrogen and oxygen atoms in total. The van der Waals surface area contributed by atoms with Gasteiger partial charge in [0.1, 0.15) is 12.2 Å². The van der Waals surface area contributed by atoms with Crippen LogP contribution in [0.15, 0.2) is 29.0 Å². The van der Waals surface area contributed by atoms with Crippen LogP contribution in [-0.4, -0.2) is 21.3 Å². The molecule has 0 aliphatic heterocycles. The number of aryl methyl sites for hydroxylation is 1. The van der Waals surface area contributed by atoms with Gasteiger partial charge in [-0.15, -0.1) is 10.2 Å². The molecule has 1 aromatic heterocycles. The first kappa shape index (κ1) is 13.5. The standard InChI is InChI=1S/C12H14BrClN4/c1-18-8-16-17-12(18)4-5-15-7-9-6-10(13)2-3-11(9)14/h2-3,6,8,15H,4-5,7H2,1H3. The molecule has 0 spiro atoms. The molecule has 0 amide bonds. The van der Waals surface area contributed by atoms with Gasteiger partial charge in [0, 0.05) is 36.1 Å². The summed E-state index contributed by atoms with van der Waals surface area (Å²) >= 11 is 9.55. The summed E-state index contributed by atoms with van der Waals surface area (Å²) in [4.78, 5) is 0. The predicted octanol–water partition coefficient (Wildman–Crippen LogP) is 2.56. The third-order valence-electron chi connectivity index (χ3n) is 2.65. The van der Waals surface area contributed by atoms with Gasteiger partial charge in [0.05, 0.1) is 0 Å². The van der Waals surface area contributed by atoms with E-state index in [0.717, 1.165) is 40.4 Å². The van der Waals surface area contributed by atoms with Crippen LogP contribution in [0.1, 0.15) is 11.4 Å². The van der Waals surface area contributed by atoms with E-state index in [1.54, 1.807) is 6.33 Å². The van der Waals surface area contributed by atoms with Crippen molar-refractivity contribution in [3.8, 4) is 0 Å². The van der Waals surface area contributed by atoms with Gasteiger partial charge in [-0.2, -0.15) is 0 Å². The Morgan fingerprint density at radius 2 is 2.28 bits per heavy atom. The Bertz CT molecular complexity index is 527. The molecule has 1 N–H and O–H groups in total. The number of nitrogens with one attached hydrogen (secondary N) is 1. The van der Waals surface area contributed by atoms with Gasteiger partial charge in [-0.05, 0) is 23.8 Å². The van der Waals surface area contributed by atoms with E-state index in [1.165, 1.54) is 0 Å². The molecular formula is C12H14BrClN4. The monoisotopic (exact) mass is 328 g/mol. The zero-order valence-electron chi connectivity index (χ0n) is 10.0. The van der Waals surface area contributed by atoms with Crippen molar-refractivity contribution in [2.24, 2.45) is 7.05 Å². The Hall–Kier alpha value is -0.910. The van der Waals surface area contributed by atoms with E-state index < -0.39 is 0 Å². The quantitative estimate of drug-likeness (QED) is 0.857. The first-order chi connectivity index (χ1) is 8.66. The van der Waals surface area contributed by atoms with E-state index in [0.29, 0.717) is 0 Å². The normalized spacial score (nSPS) is 10.8. The Balaban J connectivity index is 1.82. The molecule has 0 atom stereocenters. The van der Waals surface area contributed by atoms with Crippen LogP contribution in [0.2, 0.25) is 5.02 Å². The lowest BCUT2D eigenvalue weighted by Crippen LogP contribution is -2.18. The van der Waals surface area contributed by atoms with Crippen LogP contribution >= 0.6 is 27.5 Å². The summed E-state index contributed by atoms with van der Waals surface area (Å²) in [7, 11) is 1.94. The Morgan fingerprint density at radius 3 is 3.00 bits per heavy atom. The highest BCUT2D eigenvalue weighted by atomic mass is 79.9. The average Bonchev–Trinajstić information content (AvgIpc) is 2.75. The molecule has 2 rings (SSSR count). The lowest BCUT2D eigenvalue weighted by molar-refractivity contribution is 0.654. The molecular weight excluding hydrogens is 316 g/mol. The van der Waals surface area contributed by atoms with Crippen molar-refractivity contribution in [2.45, 2.75) is 13.0 Å². The molecule has 0 bridgehead atoms. The van der Waals surface area contributed by atoms with Gasteiger partial charge < -0.3 is 9.88 Å². The summed E-state index contributed by atoms with van der Waals surface area (Å²) in [5.41, 5.74) is 1.09. The largest absolute Gasteiger partial charge is 0.321 e. The molecule has 0 radical (unpaired) electrons. The minimum atomic E-state index is 0.746. The maximum Gasteiger partial charge on any atom is 0.133 e. The first-order valence-electron chi connectivity index (χ1n) is 5.64. The number of benzene rings is 1. The van der Waals surface area contributed by atoms with Crippen LogP contribution < -0.4 is 5.32 Å². The Morgan fingerprint density at radius 1 is 1.44 bits per heavy atom. The molecule has 18 heavy (non-hydrogen) atoms. The Labute approximate surface area is 119 Å². The number of aromatic nitrogens is 3. The van der Waals surface area contributed by atoms with Gasteiger partial charge in [0.15, 0.2) is 0 Å². The second-order valence-electron chi connectivity index (χ2n) is 4.02. The summed E-state index contributed by atoms with van der Waals surface area (Å²) in [6.45, 7) is 1.59. The lowest BCUT2D eigenvalue weighted by atomic mass is 10.2. The van der Waals surface area contributed by atoms with Gasteiger partial charge in [0.25, 0.3) is 0 Å². The second kappa shape index (κ2) is 6.31. The van der Waals surface area contributed by atoms with Crippen molar-refractivity contribution in [2.75, 3.05) is 6.54 Å². The third kappa shape index (κ3) is 3.54. The topological polar surface area (TPSA) is 42.7 Å². The van der Waals surface area contributed by atoms with Gasteiger partial charge in [0.2, 0.25) is 0 Å². The molecule has 6 heteroatoms. The average molecular weight is 330 g/mol. The lowest BCUT2D eigenvalue weighted by Gasteiger charge is -2.07. The van der Waals surface area contributed by atoms with Crippen LogP contribution in [0.3, 0.4) is 0 Å². The fraction of sp³-hybridized carbons (Fsp3) is 0.333. The summed E-state index contributed by atoms with van der Waals surface area (Å²) in [6.07, 6.45) is 2.56. The molecule has 0 aliphatic carbocycles. The van der Waals surface area contributed by atoms with Crippen molar-refractivity contribution < 1.29 is 0 Å². The van der Waals surface area contributed by atoms with Crippen molar-refractivity contribution >= 4 is 27.5 Å². The Kier molecular flexibility index (Phi) is 4.74. The number of hydrogen-bond acceptors (Lipinski definition) is 3. The molecule has 0 aliphatic rings. The molecule has 0 saturated carbocycles. The van der Waals surface area contributed by atoms with Gasteiger partial charge in [-0.3, -0.25) is 0 Å². The molecule has 0 fully saturated rings. The van der Waals surface area contributed by atoms with Crippen LogP contribution in [-0.2, 0) is 20.0 Å². The number of rotatable bonds is 5. The summed E-state index contributed by atoms with van der Waals surface area (Å²) in [5.74, 6) is 0.975. The van der Waals surface area contributed by atoms with E-state index in [4.69, 9.17) is 11.6 Å². The molecule has 0 unspecified atom stereocenters. The van der Waals surface area contributed by atoms with Crippen LogP contribution in [0.25, 0.3) is 0 Å². The molecule has 1 heterocycles. The SMILES string of the molecule is Cn1cnnc1CCNCc1cc(Br)ccc1Cl. The van der Waals surface area contributed by atoms with E-state index in [1.807, 2.05) is 29.8 Å². The predicted molar refractivity (Wildman–Crippen MR) is 75.6 cm³/mol. The summed E-state index contributed by atoms with van der Waals surface area (Å²) in [5, 5.41) is 12.0. The van der Waals surface area contributed by atoms with Crippen molar-refractivity contribution in [1.29, 1.82) is 0 Å². The van der Waals surface area contributed by atoms with Crippen molar-refractivity contribution in [3.05, 3.63) is 45.4 Å². The smallest absolute Gasteiger partial charge is 0.133 e. The molecule has 96 valence electrons. The highest BCUT2D eigenvalue weighted by Crippen LogP contribution is 2.20. The zero-order chi connectivity index (χ0) is 13.0. The zero-order valence-corrected chi connectivity index (χ0v) is 12.4. The third-order valence-corrected chi connectivity index (χ3v) is 3.52. The molecule has 1 aromatic carbocycles. The maximum atomic E-state index is 6.11. The van der Waals surface area contributed by atoms with Gasteiger partial charge >= 0.3 is 0 Å². The molecule has 2 aromatic rings. The van der Waals surface area contributed by atoms with E-state index in [2.05, 4.69) is 31.4 Å². The maximum absolute atomic E-state index is 6.11. The summed E-state index contributed by atoms with van der Waals surface area (Å²) in [6, 6.07) is 5.86. The second-order valence-corrected chi connectivity index (χ2v) is 5.34. The first-order valence-corrected chi connectivity index (χ1v) is 6.81. The van der Waals surface area contributed by atoms with Gasteiger partial charge in [-0.25, -0.2) is 0 Å². The molecule has 0 saturated heterocycles. The van der Waals surface area contributed by atoms with E-state index in [9.17, 15) is 0 Å². The highest BCUT2D eigenvalue weighted by molar-refractivity contribution is 9.10. The summed E-state index contributed by atoms with van der Waals surface area (Å²) < 4.78 is 2.96. The minimum Gasteiger partial charge on any atom is -0.321 e. The van der Waals surface area contributed by atoms with Crippen LogP contribution in [0, 0.1) is 0 Å². The number of hydrogen-bond donors (Lipinski definition) is 1. The van der Waals surface area contributed by atoms with E-state index >= 15 is 0 Å². The van der Waals surface area contributed by atoms with E-state index in [-0.39, 0.29) is 0 Å². The van der Waals surface area contributed by atoms with Crippen LogP contribution in [0.4, 0.5) is 0 Å². The fourth-order valence-electron chi connectivity index (χ4n) is 1.64. The highest BCUT2D eigenvalue weighted by Gasteiger charge is 2.02. The fourth-order valence-corrected chi connectivity index (χ4v) is 2.23. The van der Waals surface area contributed by atoms with Crippen molar-refractivity contribution in [1.82, 2.24) is 20.1 Å². The van der Waals surface area contributed by atoms with Crippen LogP contribution in [0.5, 0.6) is 0 Å². The number of halogens is 2. The van der Waals surface area contributed by atoms with Gasteiger partial charge in [-0.1, -0.05) is 27.5 Å². The minimum absolute atomic E-state index is 0.746. The van der Waals surface area contributed by atoms with Crippen molar-refractivity contribution in [3.63, 3.8) is 0 Å². The number of nitrogens with zero attached hydrogens (tertiary/aromatic N) is 3.